The fourth-order valence-electron chi connectivity index (χ4n) is 4.41. The molecule has 34 heavy (non-hydrogen) atoms. The third-order valence-corrected chi connectivity index (χ3v) is 6.26. The van der Waals surface area contributed by atoms with Crippen LogP contribution < -0.4 is 10.4 Å². The zero-order chi connectivity index (χ0) is 23.9. The lowest BCUT2D eigenvalue weighted by Crippen LogP contribution is -2.31. The van der Waals surface area contributed by atoms with Crippen molar-refractivity contribution in [1.82, 2.24) is 14.8 Å². The van der Waals surface area contributed by atoms with E-state index in [1.807, 2.05) is 54.6 Å². The Balaban J connectivity index is 1.54. The van der Waals surface area contributed by atoms with Crippen molar-refractivity contribution >= 4 is 5.97 Å². The maximum atomic E-state index is 12.9. The molecule has 1 N–H and O–H groups in total. The van der Waals surface area contributed by atoms with Crippen LogP contribution in [0.1, 0.15) is 25.7 Å². The third kappa shape index (κ3) is 5.88. The smallest absolute Gasteiger partial charge is 0.364 e. The van der Waals surface area contributed by atoms with Crippen molar-refractivity contribution in [2.45, 2.75) is 32.2 Å². The van der Waals surface area contributed by atoms with Gasteiger partial charge in [-0.2, -0.15) is 10.1 Å². The highest BCUT2D eigenvalue weighted by molar-refractivity contribution is 5.77. The molecule has 1 saturated carbocycles. The summed E-state index contributed by atoms with van der Waals surface area (Å²) in [6.07, 6.45) is 3.76. The van der Waals surface area contributed by atoms with Crippen molar-refractivity contribution in [3.05, 3.63) is 65.1 Å². The Kier molecular flexibility index (Phi) is 7.69. The summed E-state index contributed by atoms with van der Waals surface area (Å²) in [6.45, 7) is 0.714. The minimum Gasteiger partial charge on any atom is -0.497 e. The van der Waals surface area contributed by atoms with E-state index < -0.39 is 5.97 Å². The highest BCUT2D eigenvalue weighted by Gasteiger charge is 2.23. The second-order valence-corrected chi connectivity index (χ2v) is 8.66. The fourth-order valence-corrected chi connectivity index (χ4v) is 4.41. The van der Waals surface area contributed by atoms with E-state index in [4.69, 9.17) is 19.7 Å². The number of nitrogens with zero attached hydrogens (tertiary/aromatic N) is 3. The van der Waals surface area contributed by atoms with Crippen LogP contribution in [0.5, 0.6) is 5.75 Å². The molecule has 1 aromatic heterocycles. The lowest BCUT2D eigenvalue weighted by Gasteiger charge is -2.28. The van der Waals surface area contributed by atoms with Crippen molar-refractivity contribution in [3.63, 3.8) is 0 Å². The normalized spacial score (nSPS) is 17.9. The number of carboxylic acid groups (broad SMARTS) is 1. The highest BCUT2D eigenvalue weighted by atomic mass is 16.5. The first-order chi connectivity index (χ1) is 16.5. The first-order valence-corrected chi connectivity index (χ1v) is 11.5. The van der Waals surface area contributed by atoms with Crippen LogP contribution in [0, 0.1) is 11.8 Å². The molecule has 4 rings (SSSR count). The van der Waals surface area contributed by atoms with Crippen molar-refractivity contribution < 1.29 is 19.4 Å². The average molecular weight is 464 g/mol. The second kappa shape index (κ2) is 11.1. The summed E-state index contributed by atoms with van der Waals surface area (Å²) in [6, 6.07) is 17.2. The van der Waals surface area contributed by atoms with Crippen LogP contribution in [0.4, 0.5) is 0 Å². The molecule has 0 bridgehead atoms. The number of hydrogen-bond acceptors (Lipinski definition) is 6. The van der Waals surface area contributed by atoms with E-state index in [0.717, 1.165) is 42.6 Å². The third-order valence-electron chi connectivity index (χ3n) is 6.26. The number of rotatable bonds is 9. The minimum absolute atomic E-state index is 0.257. The number of methoxy groups -OCH3 is 1. The predicted octanol–water partition coefficient (Wildman–Crippen LogP) is 3.89. The lowest BCUT2D eigenvalue weighted by molar-refractivity contribution is -0.142. The van der Waals surface area contributed by atoms with Gasteiger partial charge in [0.2, 0.25) is 0 Å². The summed E-state index contributed by atoms with van der Waals surface area (Å²) in [5.74, 6) is 0.469. The topological polar surface area (TPSA) is 104 Å². The summed E-state index contributed by atoms with van der Waals surface area (Å²) >= 11 is 0. The SMILES string of the molecule is COc1ccc(-c2nn(C[C@H]3CC[C@H](COCC(=O)O)CC3)c(=O)nc2-c2ccccc2)cc1. The van der Waals surface area contributed by atoms with Gasteiger partial charge in [-0.3, -0.25) is 0 Å². The number of benzene rings is 2. The molecule has 0 aliphatic heterocycles. The zero-order valence-corrected chi connectivity index (χ0v) is 19.2. The summed E-state index contributed by atoms with van der Waals surface area (Å²) < 4.78 is 12.0. The van der Waals surface area contributed by atoms with Gasteiger partial charge in [0.05, 0.1) is 13.7 Å². The van der Waals surface area contributed by atoms with Crippen LogP contribution >= 0.6 is 0 Å². The van der Waals surface area contributed by atoms with Crippen molar-refractivity contribution in [2.75, 3.05) is 20.3 Å². The summed E-state index contributed by atoms with van der Waals surface area (Å²) in [4.78, 5) is 28.0. The van der Waals surface area contributed by atoms with Crippen LogP contribution in [0.3, 0.4) is 0 Å². The van der Waals surface area contributed by atoms with E-state index in [1.54, 1.807) is 7.11 Å². The molecule has 0 saturated heterocycles. The molecule has 0 unspecified atom stereocenters. The number of aromatic nitrogens is 3. The molecule has 0 spiro atoms. The molecule has 0 atom stereocenters. The molecule has 1 aliphatic rings. The van der Waals surface area contributed by atoms with Crippen LogP contribution in [0.2, 0.25) is 0 Å². The molecule has 0 radical (unpaired) electrons. The molecule has 1 aliphatic carbocycles. The molecule has 8 nitrogen and oxygen atoms in total. The van der Waals surface area contributed by atoms with Crippen molar-refractivity contribution in [1.29, 1.82) is 0 Å². The second-order valence-electron chi connectivity index (χ2n) is 8.66. The predicted molar refractivity (Wildman–Crippen MR) is 128 cm³/mol. The van der Waals surface area contributed by atoms with Crippen LogP contribution in [-0.4, -0.2) is 46.2 Å². The van der Waals surface area contributed by atoms with E-state index in [0.29, 0.717) is 36.4 Å². The Labute approximate surface area is 198 Å². The first-order valence-electron chi connectivity index (χ1n) is 11.5. The average Bonchev–Trinajstić information content (AvgIpc) is 2.86. The fraction of sp³-hybridized carbons (Fsp3) is 0.385. The highest BCUT2D eigenvalue weighted by Crippen LogP contribution is 2.31. The molecular weight excluding hydrogens is 434 g/mol. The van der Waals surface area contributed by atoms with Gasteiger partial charge in [-0.25, -0.2) is 14.3 Å². The van der Waals surface area contributed by atoms with Gasteiger partial charge in [-0.05, 0) is 61.8 Å². The lowest BCUT2D eigenvalue weighted by atomic mass is 9.82. The number of carboxylic acids is 1. The van der Waals surface area contributed by atoms with Gasteiger partial charge in [-0.15, -0.1) is 0 Å². The van der Waals surface area contributed by atoms with Gasteiger partial charge in [0.25, 0.3) is 0 Å². The quantitative estimate of drug-likeness (QED) is 0.513. The molecule has 2 aromatic carbocycles. The number of hydrogen-bond donors (Lipinski definition) is 1. The number of aliphatic carboxylic acids is 1. The maximum Gasteiger partial charge on any atom is 0.364 e. The van der Waals surface area contributed by atoms with Crippen LogP contribution in [-0.2, 0) is 16.1 Å². The van der Waals surface area contributed by atoms with Crippen LogP contribution in [0.25, 0.3) is 22.5 Å². The van der Waals surface area contributed by atoms with Crippen molar-refractivity contribution in [2.24, 2.45) is 11.8 Å². The van der Waals surface area contributed by atoms with E-state index in [-0.39, 0.29) is 12.3 Å². The van der Waals surface area contributed by atoms with Gasteiger partial charge in [0.15, 0.2) is 0 Å². The Hall–Kier alpha value is -3.52. The summed E-state index contributed by atoms with van der Waals surface area (Å²) in [5.41, 5.74) is 2.56. The Morgan fingerprint density at radius 2 is 1.62 bits per heavy atom. The molecule has 178 valence electrons. The Bertz CT molecular complexity index is 1150. The molecule has 8 heteroatoms. The molecule has 0 amide bonds. The van der Waals surface area contributed by atoms with Gasteiger partial charge < -0.3 is 14.6 Å². The molecular formula is C26H29N3O5. The molecule has 1 heterocycles. The van der Waals surface area contributed by atoms with E-state index in [2.05, 4.69) is 4.98 Å². The number of carbonyl (C=O) groups is 1. The van der Waals surface area contributed by atoms with Gasteiger partial charge in [0.1, 0.15) is 23.7 Å². The van der Waals surface area contributed by atoms with Gasteiger partial charge in [0, 0.05) is 17.7 Å². The molecule has 1 fully saturated rings. The minimum atomic E-state index is -0.946. The Morgan fingerprint density at radius 1 is 0.971 bits per heavy atom. The first kappa shape index (κ1) is 23.6. The van der Waals surface area contributed by atoms with E-state index in [1.165, 1.54) is 4.68 Å². The van der Waals surface area contributed by atoms with Crippen LogP contribution in [0.15, 0.2) is 59.4 Å². The Morgan fingerprint density at radius 3 is 2.26 bits per heavy atom. The van der Waals surface area contributed by atoms with E-state index in [9.17, 15) is 9.59 Å². The monoisotopic (exact) mass is 463 g/mol. The van der Waals surface area contributed by atoms with Gasteiger partial charge >= 0.3 is 11.7 Å². The summed E-state index contributed by atoms with van der Waals surface area (Å²) in [7, 11) is 1.62. The molecule has 3 aromatic rings. The van der Waals surface area contributed by atoms with E-state index >= 15 is 0 Å². The zero-order valence-electron chi connectivity index (χ0n) is 19.2. The van der Waals surface area contributed by atoms with Gasteiger partial charge in [-0.1, -0.05) is 30.3 Å². The number of ether oxygens (including phenoxy) is 2. The largest absolute Gasteiger partial charge is 0.497 e. The standard InChI is InChI=1S/C26H29N3O5/c1-33-22-13-11-21(12-14-22)25-24(20-5-3-2-4-6-20)27-26(32)29(28-25)15-18-7-9-19(10-8-18)16-34-17-23(30)31/h2-6,11-14,18-19H,7-10,15-17H2,1H3,(H,30,31)/t18-,19-. The summed E-state index contributed by atoms with van der Waals surface area (Å²) in [5, 5.41) is 13.5. The van der Waals surface area contributed by atoms with Crippen molar-refractivity contribution in [3.8, 4) is 28.3 Å². The maximum absolute atomic E-state index is 12.9.